The maximum absolute atomic E-state index is 6.39. The molecule has 0 fully saturated rings. The lowest BCUT2D eigenvalue weighted by atomic mass is 10.2. The molecule has 0 atom stereocenters. The number of benzene rings is 1. The first kappa shape index (κ1) is 13.9. The van der Waals surface area contributed by atoms with Gasteiger partial charge in [-0.15, -0.1) is 0 Å². The molecule has 2 aromatic heterocycles. The van der Waals surface area contributed by atoms with Crippen molar-refractivity contribution in [1.82, 2.24) is 15.3 Å². The summed E-state index contributed by atoms with van der Waals surface area (Å²) >= 11 is 6.39. The molecule has 1 aromatic carbocycles. The lowest BCUT2D eigenvalue weighted by Gasteiger charge is -2.05. The molecule has 3 rings (SSSR count). The highest BCUT2D eigenvalue weighted by Crippen LogP contribution is 2.27. The molecule has 108 valence electrons. The Kier molecular flexibility index (Phi) is 4.08. The fourth-order valence-electron chi connectivity index (χ4n) is 2.29. The second-order valence-electron chi connectivity index (χ2n) is 4.77. The number of pyridine rings is 1. The van der Waals surface area contributed by atoms with Crippen molar-refractivity contribution in [1.29, 1.82) is 0 Å². The van der Waals surface area contributed by atoms with Crippen LogP contribution in [0.25, 0.3) is 10.9 Å². The molecule has 0 unspecified atom stereocenters. The van der Waals surface area contributed by atoms with E-state index in [-0.39, 0.29) is 0 Å². The van der Waals surface area contributed by atoms with Gasteiger partial charge < -0.3 is 15.0 Å². The van der Waals surface area contributed by atoms with Crippen LogP contribution < -0.4 is 10.1 Å². The molecule has 2 N–H and O–H groups in total. The van der Waals surface area contributed by atoms with Crippen LogP contribution in [0.4, 0.5) is 0 Å². The highest BCUT2D eigenvalue weighted by Gasteiger charge is 2.08. The van der Waals surface area contributed by atoms with Crippen molar-refractivity contribution in [2.45, 2.75) is 13.1 Å². The summed E-state index contributed by atoms with van der Waals surface area (Å²) in [6.07, 6.45) is 1.74. The molecular formula is C16H16ClN3O. The molecule has 0 aliphatic heterocycles. The van der Waals surface area contributed by atoms with Gasteiger partial charge in [-0.2, -0.15) is 0 Å². The quantitative estimate of drug-likeness (QED) is 0.758. The zero-order chi connectivity index (χ0) is 14.7. The maximum atomic E-state index is 6.39. The van der Waals surface area contributed by atoms with Gasteiger partial charge in [-0.1, -0.05) is 29.8 Å². The lowest BCUT2D eigenvalue weighted by Crippen LogP contribution is -2.13. The number of fused-ring (bicyclic) bond motifs is 1. The molecule has 3 aromatic rings. The number of aromatic amines is 1. The van der Waals surface area contributed by atoms with Crippen molar-refractivity contribution in [3.8, 4) is 5.88 Å². The van der Waals surface area contributed by atoms with E-state index >= 15 is 0 Å². The van der Waals surface area contributed by atoms with Crippen molar-refractivity contribution in [2.24, 2.45) is 0 Å². The Balaban J connectivity index is 1.67. The number of ether oxygens (including phenoxy) is 1. The second kappa shape index (κ2) is 6.16. The fraction of sp³-hybridized carbons (Fsp3) is 0.188. The average molecular weight is 302 g/mol. The first-order chi connectivity index (χ1) is 10.3. The number of para-hydroxylation sites is 1. The third kappa shape index (κ3) is 3.01. The van der Waals surface area contributed by atoms with Gasteiger partial charge in [0.2, 0.25) is 5.88 Å². The molecule has 4 nitrogen and oxygen atoms in total. The van der Waals surface area contributed by atoms with Crippen LogP contribution in [0.15, 0.2) is 42.6 Å². The van der Waals surface area contributed by atoms with Gasteiger partial charge in [0, 0.05) is 41.9 Å². The molecule has 0 saturated carbocycles. The molecule has 21 heavy (non-hydrogen) atoms. The topological polar surface area (TPSA) is 49.9 Å². The molecule has 0 spiro atoms. The Morgan fingerprint density at radius 3 is 2.90 bits per heavy atom. The van der Waals surface area contributed by atoms with Gasteiger partial charge in [-0.25, -0.2) is 4.98 Å². The van der Waals surface area contributed by atoms with Crippen LogP contribution in [-0.4, -0.2) is 17.1 Å². The Morgan fingerprint density at radius 1 is 1.24 bits per heavy atom. The largest absolute Gasteiger partial charge is 0.481 e. The van der Waals surface area contributed by atoms with Gasteiger partial charge in [0.1, 0.15) is 0 Å². The second-order valence-corrected chi connectivity index (χ2v) is 5.15. The van der Waals surface area contributed by atoms with Crippen LogP contribution in [0, 0.1) is 0 Å². The number of nitrogens with zero attached hydrogens (tertiary/aromatic N) is 1. The number of hydrogen-bond acceptors (Lipinski definition) is 3. The van der Waals surface area contributed by atoms with Crippen molar-refractivity contribution in [3.63, 3.8) is 0 Å². The minimum absolute atomic E-state index is 0.623. The Hall–Kier alpha value is -2.04. The molecule has 0 amide bonds. The summed E-state index contributed by atoms with van der Waals surface area (Å²) in [6, 6.07) is 11.9. The number of H-pyrrole nitrogens is 1. The van der Waals surface area contributed by atoms with E-state index in [0.717, 1.165) is 33.7 Å². The van der Waals surface area contributed by atoms with E-state index in [1.54, 1.807) is 13.3 Å². The number of aromatic nitrogens is 2. The number of halogens is 1. The van der Waals surface area contributed by atoms with Crippen LogP contribution in [-0.2, 0) is 13.1 Å². The van der Waals surface area contributed by atoms with Gasteiger partial charge in [0.05, 0.1) is 12.1 Å². The van der Waals surface area contributed by atoms with Crippen LogP contribution in [0.3, 0.4) is 0 Å². The van der Waals surface area contributed by atoms with E-state index in [4.69, 9.17) is 16.3 Å². The number of methoxy groups -OCH3 is 1. The highest BCUT2D eigenvalue weighted by molar-refractivity contribution is 6.36. The number of nitrogens with one attached hydrogen (secondary N) is 2. The first-order valence-corrected chi connectivity index (χ1v) is 7.10. The van der Waals surface area contributed by atoms with Gasteiger partial charge >= 0.3 is 0 Å². The normalized spacial score (nSPS) is 11.0. The standard InChI is InChI=1S/C16H16ClN3O/c1-21-15-8-11(6-7-19-15)9-18-10-14-16(17)12-4-2-3-5-13(12)20-14/h2-8,18,20H,9-10H2,1H3. The summed E-state index contributed by atoms with van der Waals surface area (Å²) in [5, 5.41) is 5.21. The molecule has 0 aliphatic rings. The van der Waals surface area contributed by atoms with E-state index in [9.17, 15) is 0 Å². The highest BCUT2D eigenvalue weighted by atomic mass is 35.5. The first-order valence-electron chi connectivity index (χ1n) is 6.72. The predicted molar refractivity (Wildman–Crippen MR) is 84.6 cm³/mol. The zero-order valence-corrected chi connectivity index (χ0v) is 12.4. The summed E-state index contributed by atoms with van der Waals surface area (Å²) in [5.41, 5.74) is 3.18. The van der Waals surface area contributed by atoms with Crippen LogP contribution in [0.1, 0.15) is 11.3 Å². The maximum Gasteiger partial charge on any atom is 0.213 e. The smallest absolute Gasteiger partial charge is 0.213 e. The molecule has 0 aliphatic carbocycles. The van der Waals surface area contributed by atoms with Crippen LogP contribution >= 0.6 is 11.6 Å². The van der Waals surface area contributed by atoms with Crippen molar-refractivity contribution in [2.75, 3.05) is 7.11 Å². The van der Waals surface area contributed by atoms with Crippen LogP contribution in [0.2, 0.25) is 5.02 Å². The summed E-state index contributed by atoms with van der Waals surface area (Å²) in [6.45, 7) is 1.41. The zero-order valence-electron chi connectivity index (χ0n) is 11.7. The minimum atomic E-state index is 0.623. The minimum Gasteiger partial charge on any atom is -0.481 e. The molecule has 0 saturated heterocycles. The summed E-state index contributed by atoms with van der Waals surface area (Å²) in [5.74, 6) is 0.623. The summed E-state index contributed by atoms with van der Waals surface area (Å²) in [7, 11) is 1.61. The average Bonchev–Trinajstić information content (AvgIpc) is 2.84. The molecule has 2 heterocycles. The third-order valence-electron chi connectivity index (χ3n) is 3.35. The number of rotatable bonds is 5. The van der Waals surface area contributed by atoms with E-state index in [1.807, 2.05) is 36.4 Å². The fourth-order valence-corrected chi connectivity index (χ4v) is 2.57. The van der Waals surface area contributed by atoms with Gasteiger partial charge in [0.25, 0.3) is 0 Å². The van der Waals surface area contributed by atoms with Gasteiger partial charge in [-0.3, -0.25) is 0 Å². The SMILES string of the molecule is COc1cc(CNCc2[nH]c3ccccc3c2Cl)ccn1. The van der Waals surface area contributed by atoms with Gasteiger partial charge in [-0.05, 0) is 17.7 Å². The van der Waals surface area contributed by atoms with Crippen LogP contribution in [0.5, 0.6) is 5.88 Å². The number of hydrogen-bond donors (Lipinski definition) is 2. The Labute approximate surface area is 128 Å². The molecule has 0 bridgehead atoms. The molecule has 0 radical (unpaired) electrons. The summed E-state index contributed by atoms with van der Waals surface area (Å²) < 4.78 is 5.11. The van der Waals surface area contributed by atoms with Crippen molar-refractivity contribution < 1.29 is 4.74 Å². The van der Waals surface area contributed by atoms with E-state index in [2.05, 4.69) is 15.3 Å². The van der Waals surface area contributed by atoms with E-state index < -0.39 is 0 Å². The van der Waals surface area contributed by atoms with E-state index in [0.29, 0.717) is 12.4 Å². The van der Waals surface area contributed by atoms with Gasteiger partial charge in [0.15, 0.2) is 0 Å². The monoisotopic (exact) mass is 301 g/mol. The van der Waals surface area contributed by atoms with Crippen molar-refractivity contribution >= 4 is 22.5 Å². The molecule has 5 heteroatoms. The Bertz CT molecular complexity index is 754. The molecular weight excluding hydrogens is 286 g/mol. The summed E-state index contributed by atoms with van der Waals surface area (Å²) in [4.78, 5) is 7.43. The van der Waals surface area contributed by atoms with E-state index in [1.165, 1.54) is 0 Å². The Morgan fingerprint density at radius 2 is 2.10 bits per heavy atom. The predicted octanol–water partition coefficient (Wildman–Crippen LogP) is 3.51. The third-order valence-corrected chi connectivity index (χ3v) is 3.79. The van der Waals surface area contributed by atoms with Crippen molar-refractivity contribution in [3.05, 3.63) is 58.9 Å². The lowest BCUT2D eigenvalue weighted by molar-refractivity contribution is 0.397.